The molecule has 4 amide bonds. The average Bonchev–Trinajstić information content (AvgIpc) is 3.25. The van der Waals surface area contributed by atoms with E-state index in [1.54, 1.807) is 11.0 Å². The maximum Gasteiger partial charge on any atom is 0.410 e. The number of nitrogen functional groups attached to an aromatic ring is 1. The molecule has 12 heteroatoms. The number of carbonyl (C=O) groups is 3. The van der Waals surface area contributed by atoms with Crippen LogP contribution in [0.2, 0.25) is 5.02 Å². The van der Waals surface area contributed by atoms with Gasteiger partial charge in [-0.15, -0.1) is 0 Å². The third-order valence-electron chi connectivity index (χ3n) is 10.5. The van der Waals surface area contributed by atoms with Gasteiger partial charge in [-0.2, -0.15) is 0 Å². The highest BCUT2D eigenvalue weighted by atomic mass is 35.5. The van der Waals surface area contributed by atoms with Crippen LogP contribution < -0.4 is 11.1 Å². The molecule has 3 saturated heterocycles. The minimum absolute atomic E-state index is 0.0206. The number of anilines is 2. The Labute approximate surface area is 282 Å². The van der Waals surface area contributed by atoms with Gasteiger partial charge in [0, 0.05) is 83.1 Å². The molecule has 3 N–H and O–H groups in total. The van der Waals surface area contributed by atoms with Crippen LogP contribution in [-0.2, 0) is 22.4 Å². The SMILES string of the molecule is Cc1cc(C[C@@H](OC(=O)N2CCC(N3CCc4ccccc4NC3=O)CC2)C(=O)N2CCC(N3CCN(C)CC3)CC2)cc(Cl)c1N. The fourth-order valence-corrected chi connectivity index (χ4v) is 7.76. The number of nitrogens with zero attached hydrogens (tertiary/aromatic N) is 5. The molecule has 3 fully saturated rings. The molecule has 4 heterocycles. The number of rotatable bonds is 6. The molecule has 1 atom stereocenters. The molecule has 6 rings (SSSR count). The van der Waals surface area contributed by atoms with Crippen molar-refractivity contribution in [3.05, 3.63) is 58.1 Å². The minimum atomic E-state index is -0.977. The Morgan fingerprint density at radius 3 is 2.30 bits per heavy atom. The Morgan fingerprint density at radius 2 is 1.60 bits per heavy atom. The van der Waals surface area contributed by atoms with Crippen LogP contribution in [0.1, 0.15) is 42.4 Å². The van der Waals surface area contributed by atoms with Crippen molar-refractivity contribution in [1.82, 2.24) is 24.5 Å². The second kappa shape index (κ2) is 14.7. The Kier molecular flexibility index (Phi) is 10.4. The predicted octanol–water partition coefficient (Wildman–Crippen LogP) is 4.07. The number of ether oxygens (including phenoxy) is 1. The molecule has 0 spiro atoms. The number of nitrogens with one attached hydrogen (secondary N) is 1. The van der Waals surface area contributed by atoms with Crippen LogP contribution in [0.15, 0.2) is 36.4 Å². The Balaban J connectivity index is 1.08. The third kappa shape index (κ3) is 7.79. The van der Waals surface area contributed by atoms with Crippen molar-refractivity contribution < 1.29 is 19.1 Å². The van der Waals surface area contributed by atoms with Gasteiger partial charge in [0.25, 0.3) is 5.91 Å². The van der Waals surface area contributed by atoms with Gasteiger partial charge in [-0.05, 0) is 74.9 Å². The number of likely N-dealkylation sites (tertiary alicyclic amines) is 2. The van der Waals surface area contributed by atoms with Crippen LogP contribution >= 0.6 is 11.6 Å². The number of fused-ring (bicyclic) bond motifs is 1. The summed E-state index contributed by atoms with van der Waals surface area (Å²) in [5, 5.41) is 3.47. The van der Waals surface area contributed by atoms with Crippen LogP contribution in [0.3, 0.4) is 0 Å². The van der Waals surface area contributed by atoms with Crippen LogP contribution in [0.5, 0.6) is 0 Å². The lowest BCUT2D eigenvalue weighted by atomic mass is 9.99. The first-order chi connectivity index (χ1) is 22.7. The maximum absolute atomic E-state index is 14.0. The van der Waals surface area contributed by atoms with Crippen LogP contribution in [0.4, 0.5) is 21.0 Å². The molecule has 254 valence electrons. The summed E-state index contributed by atoms with van der Waals surface area (Å²) in [4.78, 5) is 51.0. The highest BCUT2D eigenvalue weighted by molar-refractivity contribution is 6.33. The number of aryl methyl sites for hydroxylation is 1. The highest BCUT2D eigenvalue weighted by Crippen LogP contribution is 2.28. The lowest BCUT2D eigenvalue weighted by Gasteiger charge is -2.42. The summed E-state index contributed by atoms with van der Waals surface area (Å²) in [5.41, 5.74) is 10.2. The van der Waals surface area contributed by atoms with Crippen molar-refractivity contribution >= 4 is 41.0 Å². The molecule has 0 saturated carbocycles. The van der Waals surface area contributed by atoms with Crippen molar-refractivity contribution in [2.45, 2.75) is 63.6 Å². The van der Waals surface area contributed by atoms with Crippen molar-refractivity contribution in [1.29, 1.82) is 0 Å². The maximum atomic E-state index is 14.0. The number of amides is 4. The summed E-state index contributed by atoms with van der Waals surface area (Å²) in [7, 11) is 2.16. The summed E-state index contributed by atoms with van der Waals surface area (Å²) in [6, 6.07) is 11.9. The van der Waals surface area contributed by atoms with Gasteiger partial charge in [0.2, 0.25) is 0 Å². The molecule has 0 aliphatic carbocycles. The molecule has 0 aromatic heterocycles. The minimum Gasteiger partial charge on any atom is -0.436 e. The number of piperidine rings is 2. The van der Waals surface area contributed by atoms with Crippen molar-refractivity contribution in [2.75, 3.05) is 77.0 Å². The number of urea groups is 1. The molecule has 11 nitrogen and oxygen atoms in total. The van der Waals surface area contributed by atoms with E-state index in [0.717, 1.165) is 67.8 Å². The predicted molar refractivity (Wildman–Crippen MR) is 184 cm³/mol. The smallest absolute Gasteiger partial charge is 0.410 e. The Hall–Kier alpha value is -3.54. The average molecular weight is 666 g/mol. The lowest BCUT2D eigenvalue weighted by molar-refractivity contribution is -0.142. The van der Waals surface area contributed by atoms with Gasteiger partial charge in [0.05, 0.1) is 10.7 Å². The number of para-hydroxylation sites is 1. The molecule has 4 aliphatic rings. The zero-order valence-electron chi connectivity index (χ0n) is 27.6. The van der Waals surface area contributed by atoms with E-state index in [1.807, 2.05) is 47.1 Å². The van der Waals surface area contributed by atoms with E-state index >= 15 is 0 Å². The monoisotopic (exact) mass is 665 g/mol. The van der Waals surface area contributed by atoms with Gasteiger partial charge < -0.3 is 35.4 Å². The molecule has 4 aliphatic heterocycles. The fourth-order valence-electron chi connectivity index (χ4n) is 7.47. The van der Waals surface area contributed by atoms with E-state index in [2.05, 4.69) is 22.2 Å². The zero-order valence-corrected chi connectivity index (χ0v) is 28.4. The third-order valence-corrected chi connectivity index (χ3v) is 10.8. The van der Waals surface area contributed by atoms with E-state index in [0.29, 0.717) is 62.3 Å². The number of piperazine rings is 1. The molecular weight excluding hydrogens is 618 g/mol. The van der Waals surface area contributed by atoms with Crippen molar-refractivity contribution in [3.8, 4) is 0 Å². The van der Waals surface area contributed by atoms with Gasteiger partial charge in [-0.3, -0.25) is 9.69 Å². The van der Waals surface area contributed by atoms with Crippen LogP contribution in [-0.4, -0.2) is 127 Å². The van der Waals surface area contributed by atoms with E-state index < -0.39 is 12.2 Å². The van der Waals surface area contributed by atoms with Crippen LogP contribution in [0.25, 0.3) is 0 Å². The molecule has 2 aromatic carbocycles. The number of hydrogen-bond acceptors (Lipinski definition) is 7. The topological polar surface area (TPSA) is 115 Å². The molecular formula is C35H48ClN7O4. The fraction of sp³-hybridized carbons (Fsp3) is 0.571. The standard InChI is InChI=1S/C35H48ClN7O4/c1-24-21-25(22-29(36)32(24)37)23-31(33(44)41-12-8-27(9-13-41)40-19-17-39(2)18-20-40)47-35(46)42-14-10-28(11-15-42)43-16-7-26-5-3-4-6-30(26)38-34(43)45/h3-6,21-22,27-28,31H,7-20,23,37H2,1-2H3,(H,38,45)/t31-/m1/s1. The lowest BCUT2D eigenvalue weighted by Crippen LogP contribution is -2.54. The van der Waals surface area contributed by atoms with E-state index in [-0.39, 0.29) is 24.4 Å². The van der Waals surface area contributed by atoms with Crippen molar-refractivity contribution in [2.24, 2.45) is 0 Å². The van der Waals surface area contributed by atoms with Gasteiger partial charge in [-0.25, -0.2) is 9.59 Å². The Bertz CT molecular complexity index is 1430. The molecule has 0 radical (unpaired) electrons. The summed E-state index contributed by atoms with van der Waals surface area (Å²) in [6.45, 7) is 8.92. The number of halogens is 1. The number of hydrogen-bond donors (Lipinski definition) is 2. The van der Waals surface area contributed by atoms with E-state index in [1.165, 1.54) is 0 Å². The summed E-state index contributed by atoms with van der Waals surface area (Å²) in [6.07, 6.45) is 2.62. The van der Waals surface area contributed by atoms with Crippen LogP contribution in [0, 0.1) is 6.92 Å². The number of likely N-dealkylation sites (N-methyl/N-ethyl adjacent to an activating group) is 1. The van der Waals surface area contributed by atoms with E-state index in [4.69, 9.17) is 22.1 Å². The van der Waals surface area contributed by atoms with Gasteiger partial charge in [-0.1, -0.05) is 35.9 Å². The molecule has 2 aromatic rings. The summed E-state index contributed by atoms with van der Waals surface area (Å²) < 4.78 is 6.05. The molecule has 47 heavy (non-hydrogen) atoms. The highest BCUT2D eigenvalue weighted by Gasteiger charge is 2.36. The quantitative estimate of drug-likeness (QED) is 0.447. The first-order valence-electron chi connectivity index (χ1n) is 17.0. The number of benzene rings is 2. The second-order valence-corrected chi connectivity index (χ2v) is 13.9. The number of nitrogens with two attached hydrogens (primary N) is 1. The normalized spacial score (nSPS) is 21.2. The van der Waals surface area contributed by atoms with E-state index in [9.17, 15) is 14.4 Å². The first-order valence-corrected chi connectivity index (χ1v) is 17.4. The first kappa shape index (κ1) is 33.4. The number of carbonyl (C=O) groups excluding carboxylic acids is 3. The summed E-state index contributed by atoms with van der Waals surface area (Å²) >= 11 is 6.41. The van der Waals surface area contributed by atoms with Gasteiger partial charge in [0.1, 0.15) is 0 Å². The molecule has 0 unspecified atom stereocenters. The zero-order chi connectivity index (χ0) is 33.1. The van der Waals surface area contributed by atoms with Gasteiger partial charge >= 0.3 is 12.1 Å². The van der Waals surface area contributed by atoms with Gasteiger partial charge in [0.15, 0.2) is 6.10 Å². The van der Waals surface area contributed by atoms with Crippen molar-refractivity contribution in [3.63, 3.8) is 0 Å². The largest absolute Gasteiger partial charge is 0.436 e. The Morgan fingerprint density at radius 1 is 0.936 bits per heavy atom. The molecule has 0 bridgehead atoms. The second-order valence-electron chi connectivity index (χ2n) is 13.5. The summed E-state index contributed by atoms with van der Waals surface area (Å²) in [5.74, 6) is -0.170.